The third-order valence-corrected chi connectivity index (χ3v) is 2.75. The van der Waals surface area contributed by atoms with Gasteiger partial charge in [0.15, 0.2) is 0 Å². The zero-order valence-corrected chi connectivity index (χ0v) is 9.99. The van der Waals surface area contributed by atoms with Crippen molar-refractivity contribution in [3.8, 4) is 11.1 Å². The average molecular weight is 266 g/mol. The van der Waals surface area contributed by atoms with Crippen molar-refractivity contribution in [2.24, 2.45) is 0 Å². The monoisotopic (exact) mass is 265 g/mol. The maximum atomic E-state index is 12.9. The fraction of sp³-hybridized carbons (Fsp3) is 0.0769. The van der Waals surface area contributed by atoms with E-state index in [0.29, 0.717) is 16.7 Å². The van der Waals surface area contributed by atoms with Gasteiger partial charge in [-0.25, -0.2) is 9.37 Å². The highest BCUT2D eigenvalue weighted by molar-refractivity contribution is 6.32. The predicted molar refractivity (Wildman–Crippen MR) is 66.0 cm³/mol. The van der Waals surface area contributed by atoms with E-state index in [1.165, 1.54) is 18.3 Å². The number of aliphatic carboxylic acids is 1. The lowest BCUT2D eigenvalue weighted by molar-refractivity contribution is -0.136. The van der Waals surface area contributed by atoms with E-state index in [2.05, 4.69) is 4.98 Å². The third-order valence-electron chi connectivity index (χ3n) is 2.47. The minimum Gasteiger partial charge on any atom is -0.481 e. The number of hydrogen-bond donors (Lipinski definition) is 1. The molecule has 0 unspecified atom stereocenters. The number of hydrogen-bond acceptors (Lipinski definition) is 2. The van der Waals surface area contributed by atoms with Crippen LogP contribution in [0.1, 0.15) is 5.56 Å². The van der Waals surface area contributed by atoms with Crippen molar-refractivity contribution in [1.29, 1.82) is 0 Å². The lowest BCUT2D eigenvalue weighted by Gasteiger charge is -2.09. The minimum atomic E-state index is -0.958. The first-order chi connectivity index (χ1) is 8.58. The van der Waals surface area contributed by atoms with Crippen LogP contribution in [0, 0.1) is 5.82 Å². The fourth-order valence-electron chi connectivity index (χ4n) is 1.70. The maximum absolute atomic E-state index is 12.9. The Hall–Kier alpha value is -1.94. The van der Waals surface area contributed by atoms with Crippen LogP contribution in [0.2, 0.25) is 5.15 Å². The largest absolute Gasteiger partial charge is 0.481 e. The smallest absolute Gasteiger partial charge is 0.307 e. The van der Waals surface area contributed by atoms with Gasteiger partial charge in [-0.3, -0.25) is 4.79 Å². The lowest BCUT2D eigenvalue weighted by Crippen LogP contribution is -2.03. The first kappa shape index (κ1) is 12.5. The zero-order chi connectivity index (χ0) is 13.1. The van der Waals surface area contributed by atoms with Gasteiger partial charge in [0, 0.05) is 11.8 Å². The van der Waals surface area contributed by atoms with E-state index in [-0.39, 0.29) is 17.4 Å². The zero-order valence-electron chi connectivity index (χ0n) is 9.23. The molecule has 0 radical (unpaired) electrons. The number of halogens is 2. The van der Waals surface area contributed by atoms with E-state index in [9.17, 15) is 9.18 Å². The number of carboxylic acids is 1. The van der Waals surface area contributed by atoms with E-state index < -0.39 is 5.97 Å². The molecular weight excluding hydrogens is 257 g/mol. The Morgan fingerprint density at radius 1 is 1.28 bits per heavy atom. The Balaban J connectivity index is 2.54. The molecule has 5 heteroatoms. The van der Waals surface area contributed by atoms with Gasteiger partial charge >= 0.3 is 5.97 Å². The number of nitrogens with zero attached hydrogens (tertiary/aromatic N) is 1. The Kier molecular flexibility index (Phi) is 3.58. The molecule has 0 saturated carbocycles. The fourth-order valence-corrected chi connectivity index (χ4v) is 1.99. The van der Waals surface area contributed by atoms with Crippen molar-refractivity contribution in [2.45, 2.75) is 6.42 Å². The van der Waals surface area contributed by atoms with Crippen LogP contribution < -0.4 is 0 Å². The number of pyridine rings is 1. The van der Waals surface area contributed by atoms with Crippen LogP contribution in [0.4, 0.5) is 4.39 Å². The van der Waals surface area contributed by atoms with Gasteiger partial charge < -0.3 is 5.11 Å². The second kappa shape index (κ2) is 5.14. The quantitative estimate of drug-likeness (QED) is 0.867. The summed E-state index contributed by atoms with van der Waals surface area (Å²) in [5.41, 5.74) is 1.72. The Morgan fingerprint density at radius 2 is 1.94 bits per heavy atom. The molecule has 1 heterocycles. The van der Waals surface area contributed by atoms with E-state index in [0.717, 1.165) is 0 Å². The van der Waals surface area contributed by atoms with Crippen LogP contribution in [0.3, 0.4) is 0 Å². The van der Waals surface area contributed by atoms with E-state index >= 15 is 0 Å². The van der Waals surface area contributed by atoms with Gasteiger partial charge in [0.05, 0.1) is 6.42 Å². The number of carboxylic acid groups (broad SMARTS) is 1. The van der Waals surface area contributed by atoms with Crippen LogP contribution in [0.25, 0.3) is 11.1 Å². The van der Waals surface area contributed by atoms with Gasteiger partial charge in [-0.15, -0.1) is 0 Å². The summed E-state index contributed by atoms with van der Waals surface area (Å²) >= 11 is 5.99. The highest BCUT2D eigenvalue weighted by atomic mass is 35.5. The predicted octanol–water partition coefficient (Wildman–Crippen LogP) is 3.17. The molecular formula is C13H9ClFNO2. The molecule has 92 valence electrons. The van der Waals surface area contributed by atoms with Crippen LogP contribution >= 0.6 is 11.6 Å². The van der Waals surface area contributed by atoms with Gasteiger partial charge in [-0.2, -0.15) is 0 Å². The highest BCUT2D eigenvalue weighted by Crippen LogP contribution is 2.30. The van der Waals surface area contributed by atoms with Crippen LogP contribution in [-0.2, 0) is 11.2 Å². The van der Waals surface area contributed by atoms with Gasteiger partial charge in [-0.05, 0) is 29.3 Å². The van der Waals surface area contributed by atoms with Gasteiger partial charge in [-0.1, -0.05) is 23.7 Å². The SMILES string of the molecule is O=C(O)Cc1ccnc(Cl)c1-c1ccc(F)cc1. The molecule has 0 bridgehead atoms. The number of carbonyl (C=O) groups is 1. The summed E-state index contributed by atoms with van der Waals surface area (Å²) in [5.74, 6) is -1.32. The lowest BCUT2D eigenvalue weighted by atomic mass is 10.00. The summed E-state index contributed by atoms with van der Waals surface area (Å²) in [7, 11) is 0. The Bertz CT molecular complexity index is 584. The van der Waals surface area contributed by atoms with Gasteiger partial charge in [0.1, 0.15) is 11.0 Å². The molecule has 2 aromatic rings. The van der Waals surface area contributed by atoms with Crippen LogP contribution in [0.5, 0.6) is 0 Å². The van der Waals surface area contributed by atoms with E-state index in [1.54, 1.807) is 18.2 Å². The summed E-state index contributed by atoms with van der Waals surface area (Å²) in [6, 6.07) is 7.28. The molecule has 3 nitrogen and oxygen atoms in total. The molecule has 0 aliphatic carbocycles. The molecule has 18 heavy (non-hydrogen) atoms. The molecule has 0 aliphatic rings. The second-order valence-corrected chi connectivity index (χ2v) is 4.07. The number of rotatable bonds is 3. The molecule has 0 aliphatic heterocycles. The van der Waals surface area contributed by atoms with Crippen molar-refractivity contribution in [2.75, 3.05) is 0 Å². The molecule has 0 fully saturated rings. The normalized spacial score (nSPS) is 10.3. The topological polar surface area (TPSA) is 50.2 Å². The summed E-state index contributed by atoms with van der Waals surface area (Å²) < 4.78 is 12.9. The van der Waals surface area contributed by atoms with Gasteiger partial charge in [0.2, 0.25) is 0 Å². The summed E-state index contributed by atoms with van der Waals surface area (Å²) in [4.78, 5) is 14.7. The molecule has 0 spiro atoms. The van der Waals surface area contributed by atoms with Crippen LogP contribution in [-0.4, -0.2) is 16.1 Å². The van der Waals surface area contributed by atoms with Crippen molar-refractivity contribution in [1.82, 2.24) is 4.98 Å². The summed E-state index contributed by atoms with van der Waals surface area (Å²) in [6.07, 6.45) is 1.29. The molecule has 0 saturated heterocycles. The molecule has 0 amide bonds. The highest BCUT2D eigenvalue weighted by Gasteiger charge is 2.13. The third kappa shape index (κ3) is 2.65. The molecule has 1 aromatic carbocycles. The van der Waals surface area contributed by atoms with Crippen molar-refractivity contribution in [3.05, 3.63) is 53.1 Å². The maximum Gasteiger partial charge on any atom is 0.307 e. The Morgan fingerprint density at radius 3 is 2.56 bits per heavy atom. The molecule has 2 rings (SSSR count). The van der Waals surface area contributed by atoms with Crippen molar-refractivity contribution < 1.29 is 14.3 Å². The van der Waals surface area contributed by atoms with Crippen molar-refractivity contribution >= 4 is 17.6 Å². The van der Waals surface area contributed by atoms with Gasteiger partial charge in [0.25, 0.3) is 0 Å². The summed E-state index contributed by atoms with van der Waals surface area (Å²) in [5, 5.41) is 9.06. The first-order valence-electron chi connectivity index (χ1n) is 5.19. The average Bonchev–Trinajstić information content (AvgIpc) is 2.30. The number of benzene rings is 1. The number of aromatic nitrogens is 1. The standard InChI is InChI=1S/C13H9ClFNO2/c14-13-12(8-1-3-10(15)4-2-8)9(5-6-16-13)7-11(17)18/h1-6H,7H2,(H,17,18). The van der Waals surface area contributed by atoms with E-state index in [4.69, 9.17) is 16.7 Å². The van der Waals surface area contributed by atoms with Crippen LogP contribution in [0.15, 0.2) is 36.5 Å². The first-order valence-corrected chi connectivity index (χ1v) is 5.57. The Labute approximate surface area is 108 Å². The molecule has 0 atom stereocenters. The minimum absolute atomic E-state index is 0.158. The molecule has 1 aromatic heterocycles. The summed E-state index contributed by atoms with van der Waals surface area (Å²) in [6.45, 7) is 0. The van der Waals surface area contributed by atoms with Crippen molar-refractivity contribution in [3.63, 3.8) is 0 Å². The van der Waals surface area contributed by atoms with E-state index in [1.807, 2.05) is 0 Å². The second-order valence-electron chi connectivity index (χ2n) is 3.71. The molecule has 1 N–H and O–H groups in total.